The summed E-state index contributed by atoms with van der Waals surface area (Å²) in [6.07, 6.45) is 1.01. The van der Waals surface area contributed by atoms with Crippen molar-refractivity contribution in [3.63, 3.8) is 0 Å². The van der Waals surface area contributed by atoms with Crippen molar-refractivity contribution in [3.8, 4) is 0 Å². The summed E-state index contributed by atoms with van der Waals surface area (Å²) >= 11 is 1.50. The van der Waals surface area contributed by atoms with E-state index in [4.69, 9.17) is 5.11 Å². The van der Waals surface area contributed by atoms with Gasteiger partial charge in [0.2, 0.25) is 0 Å². The highest BCUT2D eigenvalue weighted by atomic mass is 32.2. The van der Waals surface area contributed by atoms with Gasteiger partial charge in [0.05, 0.1) is 5.88 Å². The molecule has 0 aromatic carbocycles. The monoisotopic (exact) mass is 274 g/mol. The number of amides is 2. The number of hydrogen-bond donors (Lipinski definition) is 1. The van der Waals surface area contributed by atoms with Crippen molar-refractivity contribution in [3.05, 3.63) is 0 Å². The summed E-state index contributed by atoms with van der Waals surface area (Å²) in [7, 11) is 0. The second-order valence-corrected chi connectivity index (χ2v) is 5.66. The van der Waals surface area contributed by atoms with Gasteiger partial charge in [0.25, 0.3) is 0 Å². The van der Waals surface area contributed by atoms with Gasteiger partial charge in [-0.1, -0.05) is 20.3 Å². The molecule has 0 bridgehead atoms. The van der Waals surface area contributed by atoms with Crippen molar-refractivity contribution in [1.82, 2.24) is 9.80 Å². The molecule has 0 radical (unpaired) electrons. The Morgan fingerprint density at radius 2 is 2.17 bits per heavy atom. The molecule has 5 nitrogen and oxygen atoms in total. The first-order valence-corrected chi connectivity index (χ1v) is 7.52. The quantitative estimate of drug-likeness (QED) is 0.832. The molecule has 18 heavy (non-hydrogen) atoms. The van der Waals surface area contributed by atoms with E-state index < -0.39 is 12.0 Å². The standard InChI is InChI=1S/C12H22N2O3S/c1-4-9(3)6-13(5-2)12(17)14-8-18-7-10(14)11(15)16/h9-10H,4-8H2,1-3H3,(H,15,16)/t9?,10-/m0/s1. The lowest BCUT2D eigenvalue weighted by molar-refractivity contribution is -0.140. The number of carboxylic acids is 1. The number of nitrogens with zero attached hydrogens (tertiary/aromatic N) is 2. The van der Waals surface area contributed by atoms with E-state index in [9.17, 15) is 9.59 Å². The Bertz CT molecular complexity index is 312. The van der Waals surface area contributed by atoms with Gasteiger partial charge in [-0.2, -0.15) is 0 Å². The molecule has 1 aliphatic heterocycles. The van der Waals surface area contributed by atoms with Crippen molar-refractivity contribution in [1.29, 1.82) is 0 Å². The Kier molecular flexibility index (Phi) is 5.78. The summed E-state index contributed by atoms with van der Waals surface area (Å²) in [5, 5.41) is 9.09. The zero-order chi connectivity index (χ0) is 13.7. The van der Waals surface area contributed by atoms with Crippen molar-refractivity contribution in [2.45, 2.75) is 33.2 Å². The van der Waals surface area contributed by atoms with Crippen LogP contribution in [0.15, 0.2) is 0 Å². The number of hydrogen-bond acceptors (Lipinski definition) is 3. The predicted octanol–water partition coefficient (Wildman–Crippen LogP) is 1.93. The highest BCUT2D eigenvalue weighted by Gasteiger charge is 2.36. The minimum absolute atomic E-state index is 0.143. The highest BCUT2D eigenvalue weighted by Crippen LogP contribution is 2.23. The van der Waals surface area contributed by atoms with Gasteiger partial charge >= 0.3 is 12.0 Å². The third-order valence-electron chi connectivity index (χ3n) is 3.29. The van der Waals surface area contributed by atoms with Crippen LogP contribution in [0.4, 0.5) is 4.79 Å². The van der Waals surface area contributed by atoms with E-state index in [1.807, 2.05) is 6.92 Å². The fourth-order valence-electron chi connectivity index (χ4n) is 1.87. The second kappa shape index (κ2) is 6.87. The lowest BCUT2D eigenvalue weighted by atomic mass is 10.1. The molecule has 0 aromatic heterocycles. The largest absolute Gasteiger partial charge is 0.480 e. The van der Waals surface area contributed by atoms with Crippen LogP contribution in [0.5, 0.6) is 0 Å². The van der Waals surface area contributed by atoms with Crippen LogP contribution in [0.3, 0.4) is 0 Å². The van der Waals surface area contributed by atoms with Gasteiger partial charge in [0.15, 0.2) is 0 Å². The van der Waals surface area contributed by atoms with E-state index in [1.165, 1.54) is 16.7 Å². The molecule has 1 aliphatic rings. The number of rotatable bonds is 5. The molecule has 1 heterocycles. The third-order valence-corrected chi connectivity index (χ3v) is 4.31. The number of urea groups is 1. The maximum Gasteiger partial charge on any atom is 0.327 e. The highest BCUT2D eigenvalue weighted by molar-refractivity contribution is 7.99. The average Bonchev–Trinajstić information content (AvgIpc) is 2.83. The molecule has 104 valence electrons. The first-order chi connectivity index (χ1) is 8.51. The van der Waals surface area contributed by atoms with Crippen LogP contribution < -0.4 is 0 Å². The number of thioether (sulfide) groups is 1. The Morgan fingerprint density at radius 1 is 1.50 bits per heavy atom. The molecule has 0 spiro atoms. The molecule has 0 saturated carbocycles. The van der Waals surface area contributed by atoms with Gasteiger partial charge in [0.1, 0.15) is 6.04 Å². The Balaban J connectivity index is 2.68. The summed E-state index contributed by atoms with van der Waals surface area (Å²) in [6, 6.07) is -0.816. The summed E-state index contributed by atoms with van der Waals surface area (Å²) < 4.78 is 0. The predicted molar refractivity (Wildman–Crippen MR) is 72.7 cm³/mol. The zero-order valence-electron chi connectivity index (χ0n) is 11.3. The molecule has 6 heteroatoms. The van der Waals surface area contributed by atoms with Gasteiger partial charge in [-0.3, -0.25) is 0 Å². The number of aliphatic carboxylic acids is 1. The molecule has 1 saturated heterocycles. The molecule has 1 N–H and O–H groups in total. The molecule has 1 rings (SSSR count). The smallest absolute Gasteiger partial charge is 0.327 e. The average molecular weight is 274 g/mol. The number of carbonyl (C=O) groups excluding carboxylic acids is 1. The van der Waals surface area contributed by atoms with Crippen molar-refractivity contribution >= 4 is 23.8 Å². The maximum atomic E-state index is 12.3. The summed E-state index contributed by atoms with van der Waals surface area (Å²) in [5.74, 6) is 0.495. The van der Waals surface area contributed by atoms with Crippen molar-refractivity contribution < 1.29 is 14.7 Å². The van der Waals surface area contributed by atoms with E-state index in [2.05, 4.69) is 13.8 Å². The number of carbonyl (C=O) groups is 2. The topological polar surface area (TPSA) is 60.9 Å². The fourth-order valence-corrected chi connectivity index (χ4v) is 3.00. The van der Waals surface area contributed by atoms with E-state index in [0.717, 1.165) is 6.42 Å². The van der Waals surface area contributed by atoms with Gasteiger partial charge in [-0.05, 0) is 12.8 Å². The Labute approximate surface area is 113 Å². The molecule has 0 aromatic rings. The van der Waals surface area contributed by atoms with Crippen LogP contribution in [0, 0.1) is 5.92 Å². The van der Waals surface area contributed by atoms with Crippen LogP contribution in [0.25, 0.3) is 0 Å². The second-order valence-electron chi connectivity index (χ2n) is 4.66. The molecule has 2 atom stereocenters. The van der Waals surface area contributed by atoms with Crippen LogP contribution in [-0.4, -0.2) is 57.7 Å². The molecule has 0 aliphatic carbocycles. The molecule has 1 fully saturated rings. The molecule has 1 unspecified atom stereocenters. The number of carboxylic acid groups (broad SMARTS) is 1. The van der Waals surface area contributed by atoms with E-state index in [1.54, 1.807) is 4.90 Å². The lowest BCUT2D eigenvalue weighted by Crippen LogP contribution is -2.49. The van der Waals surface area contributed by atoms with Crippen LogP contribution >= 0.6 is 11.8 Å². The Hall–Kier alpha value is -0.910. The van der Waals surface area contributed by atoms with Gasteiger partial charge < -0.3 is 14.9 Å². The van der Waals surface area contributed by atoms with E-state index >= 15 is 0 Å². The fraction of sp³-hybridized carbons (Fsp3) is 0.833. The molecular formula is C12H22N2O3S. The van der Waals surface area contributed by atoms with E-state index in [0.29, 0.717) is 30.6 Å². The SMILES string of the molecule is CCC(C)CN(CC)C(=O)N1CSC[C@H]1C(=O)O. The minimum Gasteiger partial charge on any atom is -0.480 e. The normalized spacial score (nSPS) is 20.8. The van der Waals surface area contributed by atoms with Crippen molar-refractivity contribution in [2.24, 2.45) is 5.92 Å². The minimum atomic E-state index is -0.909. The Morgan fingerprint density at radius 3 is 2.67 bits per heavy atom. The maximum absolute atomic E-state index is 12.3. The zero-order valence-corrected chi connectivity index (χ0v) is 12.1. The summed E-state index contributed by atoms with van der Waals surface area (Å²) in [6.45, 7) is 7.44. The van der Waals surface area contributed by atoms with Crippen LogP contribution in [0.1, 0.15) is 27.2 Å². The van der Waals surface area contributed by atoms with Gasteiger partial charge in [-0.15, -0.1) is 11.8 Å². The summed E-state index contributed by atoms with van der Waals surface area (Å²) in [5.41, 5.74) is 0. The van der Waals surface area contributed by atoms with E-state index in [-0.39, 0.29) is 6.03 Å². The third kappa shape index (κ3) is 3.54. The van der Waals surface area contributed by atoms with Gasteiger partial charge in [0, 0.05) is 18.8 Å². The van der Waals surface area contributed by atoms with Crippen molar-refractivity contribution in [2.75, 3.05) is 24.7 Å². The van der Waals surface area contributed by atoms with Crippen LogP contribution in [0.2, 0.25) is 0 Å². The lowest BCUT2D eigenvalue weighted by Gasteiger charge is -2.30. The first-order valence-electron chi connectivity index (χ1n) is 6.37. The first kappa shape index (κ1) is 15.1. The molecule has 2 amide bonds. The van der Waals surface area contributed by atoms with Gasteiger partial charge in [-0.25, -0.2) is 9.59 Å². The van der Waals surface area contributed by atoms with Crippen LogP contribution in [-0.2, 0) is 4.79 Å². The summed E-state index contributed by atoms with van der Waals surface area (Å²) in [4.78, 5) is 26.6. The molecular weight excluding hydrogens is 252 g/mol.